The number of aromatic nitrogens is 1. The number of aliphatic carboxylic acids is 1. The summed E-state index contributed by atoms with van der Waals surface area (Å²) in [5.41, 5.74) is 3.45. The molecule has 0 aliphatic carbocycles. The smallest absolute Gasteiger partial charge is 0.333 e. The number of carbonyl (C=O) groups is 1. The van der Waals surface area contributed by atoms with Crippen LogP contribution in [0, 0.1) is 20.8 Å². The van der Waals surface area contributed by atoms with Crippen molar-refractivity contribution in [3.8, 4) is 5.75 Å². The van der Waals surface area contributed by atoms with E-state index in [-0.39, 0.29) is 5.41 Å². The quantitative estimate of drug-likeness (QED) is 0.715. The molecule has 0 aliphatic heterocycles. The molecule has 1 unspecified atom stereocenters. The number of rotatable bonds is 8. The Balaban J connectivity index is 2.15. The lowest BCUT2D eigenvalue weighted by Gasteiger charge is -2.16. The van der Waals surface area contributed by atoms with Gasteiger partial charge in [-0.2, -0.15) is 0 Å². The summed E-state index contributed by atoms with van der Waals surface area (Å²) in [4.78, 5) is 15.9. The van der Waals surface area contributed by atoms with Gasteiger partial charge in [0.25, 0.3) is 0 Å². The van der Waals surface area contributed by atoms with Crippen LogP contribution in [0.5, 0.6) is 5.75 Å². The molecule has 2 rings (SSSR count). The van der Waals surface area contributed by atoms with Crippen LogP contribution in [-0.4, -0.2) is 28.8 Å². The summed E-state index contributed by atoms with van der Waals surface area (Å²) in [7, 11) is 0. The predicted molar refractivity (Wildman–Crippen MR) is 107 cm³/mol. The fraction of sp³-hybridized carbons (Fsp3) is 0.545. The SMILES string of the molecule is CCOC(Cc1cc(C)c(OCc2nc(C(C)(C)C)oc2C)c(C)c1)C(=O)O. The maximum absolute atomic E-state index is 11.3. The zero-order valence-corrected chi connectivity index (χ0v) is 17.9. The standard InChI is InChI=1S/C22H31NO5/c1-8-26-18(20(24)25)11-16-9-13(2)19(14(3)10-16)27-12-17-15(4)28-21(23-17)22(5,6)7/h9-10,18H,8,11-12H2,1-7H3,(H,24,25). The second-order valence-electron chi connectivity index (χ2n) is 8.11. The van der Waals surface area contributed by atoms with Crippen LogP contribution < -0.4 is 4.74 Å². The lowest BCUT2D eigenvalue weighted by molar-refractivity contribution is -0.149. The van der Waals surface area contributed by atoms with E-state index < -0.39 is 12.1 Å². The largest absolute Gasteiger partial charge is 0.487 e. The Morgan fingerprint density at radius 3 is 2.29 bits per heavy atom. The highest BCUT2D eigenvalue weighted by molar-refractivity contribution is 5.72. The van der Waals surface area contributed by atoms with E-state index in [9.17, 15) is 9.90 Å². The number of aryl methyl sites for hydroxylation is 3. The van der Waals surface area contributed by atoms with E-state index in [0.29, 0.717) is 25.5 Å². The highest BCUT2D eigenvalue weighted by Gasteiger charge is 2.23. The van der Waals surface area contributed by atoms with E-state index in [1.54, 1.807) is 6.92 Å². The normalized spacial score (nSPS) is 12.8. The first-order valence-electron chi connectivity index (χ1n) is 9.57. The molecule has 6 heteroatoms. The van der Waals surface area contributed by atoms with Crippen molar-refractivity contribution in [2.45, 2.75) is 73.0 Å². The summed E-state index contributed by atoms with van der Waals surface area (Å²) in [6.45, 7) is 14.5. The van der Waals surface area contributed by atoms with Gasteiger partial charge in [0.2, 0.25) is 0 Å². The van der Waals surface area contributed by atoms with Gasteiger partial charge < -0.3 is 19.0 Å². The molecule has 28 heavy (non-hydrogen) atoms. The first-order chi connectivity index (χ1) is 13.0. The summed E-state index contributed by atoms with van der Waals surface area (Å²) in [6, 6.07) is 3.90. The van der Waals surface area contributed by atoms with Crippen LogP contribution in [0.25, 0.3) is 0 Å². The number of hydrogen-bond acceptors (Lipinski definition) is 5. The Morgan fingerprint density at radius 1 is 1.21 bits per heavy atom. The Hall–Kier alpha value is -2.34. The van der Waals surface area contributed by atoms with Crippen molar-refractivity contribution in [1.82, 2.24) is 4.98 Å². The molecule has 0 fully saturated rings. The van der Waals surface area contributed by atoms with Gasteiger partial charge in [0.15, 0.2) is 12.0 Å². The number of hydrogen-bond donors (Lipinski definition) is 1. The van der Waals surface area contributed by atoms with Gasteiger partial charge in [-0.25, -0.2) is 9.78 Å². The number of benzene rings is 1. The lowest BCUT2D eigenvalue weighted by Crippen LogP contribution is -2.26. The van der Waals surface area contributed by atoms with E-state index in [4.69, 9.17) is 13.9 Å². The number of oxazole rings is 1. The average Bonchev–Trinajstić information content (AvgIpc) is 2.95. The van der Waals surface area contributed by atoms with Gasteiger partial charge in [-0.05, 0) is 44.4 Å². The van der Waals surface area contributed by atoms with Gasteiger partial charge in [-0.15, -0.1) is 0 Å². The third kappa shape index (κ3) is 5.35. The van der Waals surface area contributed by atoms with Crippen molar-refractivity contribution in [3.05, 3.63) is 46.2 Å². The van der Waals surface area contributed by atoms with Crippen LogP contribution in [0.4, 0.5) is 0 Å². The highest BCUT2D eigenvalue weighted by Crippen LogP contribution is 2.28. The van der Waals surface area contributed by atoms with Crippen molar-refractivity contribution >= 4 is 5.97 Å². The molecular formula is C22H31NO5. The molecule has 0 spiro atoms. The molecule has 0 amide bonds. The minimum atomic E-state index is -0.950. The second-order valence-corrected chi connectivity index (χ2v) is 8.11. The molecule has 6 nitrogen and oxygen atoms in total. The first kappa shape index (κ1) is 22.0. The van der Waals surface area contributed by atoms with Crippen molar-refractivity contribution in [2.24, 2.45) is 0 Å². The Bertz CT molecular complexity index is 809. The van der Waals surface area contributed by atoms with Gasteiger partial charge >= 0.3 is 5.97 Å². The summed E-state index contributed by atoms with van der Waals surface area (Å²) >= 11 is 0. The molecule has 0 aliphatic rings. The van der Waals surface area contributed by atoms with Gasteiger partial charge in [-0.3, -0.25) is 0 Å². The van der Waals surface area contributed by atoms with E-state index in [1.807, 2.05) is 32.9 Å². The molecule has 0 bridgehead atoms. The maximum Gasteiger partial charge on any atom is 0.333 e. The monoisotopic (exact) mass is 389 g/mol. The van der Waals surface area contributed by atoms with Crippen LogP contribution in [-0.2, 0) is 28.0 Å². The number of nitrogens with zero attached hydrogens (tertiary/aromatic N) is 1. The van der Waals surface area contributed by atoms with E-state index in [2.05, 4.69) is 25.8 Å². The molecule has 1 aromatic carbocycles. The predicted octanol–water partition coefficient (Wildman–Crippen LogP) is 4.51. The summed E-state index contributed by atoms with van der Waals surface area (Å²) in [6.07, 6.45) is -0.521. The van der Waals surface area contributed by atoms with Crippen LogP contribution in [0.15, 0.2) is 16.5 Å². The molecule has 154 valence electrons. The van der Waals surface area contributed by atoms with Crippen molar-refractivity contribution < 1.29 is 23.8 Å². The van der Waals surface area contributed by atoms with Gasteiger partial charge in [0.05, 0.1) is 0 Å². The topological polar surface area (TPSA) is 81.8 Å². The molecule has 1 N–H and O–H groups in total. The lowest BCUT2D eigenvalue weighted by atomic mass is 9.97. The fourth-order valence-corrected chi connectivity index (χ4v) is 3.04. The second kappa shape index (κ2) is 8.78. The van der Waals surface area contributed by atoms with E-state index in [1.165, 1.54) is 0 Å². The van der Waals surface area contributed by atoms with Crippen LogP contribution in [0.1, 0.15) is 61.7 Å². The van der Waals surface area contributed by atoms with E-state index >= 15 is 0 Å². The van der Waals surface area contributed by atoms with Crippen molar-refractivity contribution in [1.29, 1.82) is 0 Å². The molecule has 2 aromatic rings. The zero-order valence-electron chi connectivity index (χ0n) is 17.9. The summed E-state index contributed by atoms with van der Waals surface area (Å²) in [5.74, 6) is 1.29. The Labute approximate surface area is 166 Å². The third-order valence-corrected chi connectivity index (χ3v) is 4.47. The Morgan fingerprint density at radius 2 is 1.82 bits per heavy atom. The average molecular weight is 389 g/mol. The van der Waals surface area contributed by atoms with Crippen LogP contribution >= 0.6 is 0 Å². The van der Waals surface area contributed by atoms with Crippen LogP contribution in [0.2, 0.25) is 0 Å². The number of carboxylic acids is 1. The summed E-state index contributed by atoms with van der Waals surface area (Å²) < 4.78 is 17.1. The first-order valence-corrected chi connectivity index (χ1v) is 9.57. The maximum atomic E-state index is 11.3. The molecule has 1 aromatic heterocycles. The summed E-state index contributed by atoms with van der Waals surface area (Å²) in [5, 5.41) is 9.29. The zero-order chi connectivity index (χ0) is 21.1. The fourth-order valence-electron chi connectivity index (χ4n) is 3.04. The minimum absolute atomic E-state index is 0.155. The van der Waals surface area contributed by atoms with Gasteiger partial charge in [0, 0.05) is 18.4 Å². The molecule has 0 saturated heterocycles. The third-order valence-electron chi connectivity index (χ3n) is 4.47. The van der Waals surface area contributed by atoms with Crippen molar-refractivity contribution in [3.63, 3.8) is 0 Å². The van der Waals surface area contributed by atoms with Gasteiger partial charge in [-0.1, -0.05) is 32.9 Å². The van der Waals surface area contributed by atoms with Crippen molar-refractivity contribution in [2.75, 3.05) is 6.61 Å². The molecule has 0 radical (unpaired) electrons. The van der Waals surface area contributed by atoms with Crippen LogP contribution in [0.3, 0.4) is 0 Å². The molecule has 1 atom stereocenters. The highest BCUT2D eigenvalue weighted by atomic mass is 16.5. The van der Waals surface area contributed by atoms with E-state index in [0.717, 1.165) is 33.9 Å². The molecule has 1 heterocycles. The van der Waals surface area contributed by atoms with Gasteiger partial charge in [0.1, 0.15) is 23.8 Å². The molecule has 0 saturated carbocycles. The minimum Gasteiger partial charge on any atom is -0.487 e. The molecular weight excluding hydrogens is 358 g/mol. The Kier molecular flexibility index (Phi) is 6.88. The number of ether oxygens (including phenoxy) is 2. The number of carboxylic acid groups (broad SMARTS) is 1.